The van der Waals surface area contributed by atoms with Gasteiger partial charge in [0.05, 0.1) is 24.7 Å². The number of para-hydroxylation sites is 2. The maximum Gasteiger partial charge on any atom is 0.265 e. The lowest BCUT2D eigenvalue weighted by atomic mass is 10.3. The highest BCUT2D eigenvalue weighted by molar-refractivity contribution is 7.92. The third-order valence-corrected chi connectivity index (χ3v) is 4.58. The molecular formula is C14H16N4O3S. The molecule has 0 unspecified atom stereocenters. The third kappa shape index (κ3) is 3.45. The first kappa shape index (κ1) is 14.6. The van der Waals surface area contributed by atoms with Crippen LogP contribution in [0.2, 0.25) is 0 Å². The van der Waals surface area contributed by atoms with Crippen molar-refractivity contribution < 1.29 is 13.2 Å². The highest BCUT2D eigenvalue weighted by Crippen LogP contribution is 2.32. The van der Waals surface area contributed by atoms with Gasteiger partial charge in [0.25, 0.3) is 10.0 Å². The molecule has 0 aliphatic heterocycles. The summed E-state index contributed by atoms with van der Waals surface area (Å²) in [6.45, 7) is 0.601. The molecule has 1 fully saturated rings. The monoisotopic (exact) mass is 320 g/mol. The van der Waals surface area contributed by atoms with E-state index in [1.807, 2.05) is 0 Å². The molecule has 0 saturated heterocycles. The second kappa shape index (κ2) is 5.80. The summed E-state index contributed by atoms with van der Waals surface area (Å²) in [5, 5.41) is 0. The van der Waals surface area contributed by atoms with Crippen molar-refractivity contribution in [2.24, 2.45) is 5.92 Å². The summed E-state index contributed by atoms with van der Waals surface area (Å²) in [6.07, 6.45) is 4.66. The van der Waals surface area contributed by atoms with Crippen LogP contribution in [0.4, 0.5) is 11.6 Å². The van der Waals surface area contributed by atoms with Gasteiger partial charge in [0.1, 0.15) is 10.6 Å². The summed E-state index contributed by atoms with van der Waals surface area (Å²) >= 11 is 0. The zero-order chi connectivity index (χ0) is 15.6. The Morgan fingerprint density at radius 2 is 1.91 bits per heavy atom. The van der Waals surface area contributed by atoms with Crippen LogP contribution >= 0.6 is 0 Å². The fourth-order valence-corrected chi connectivity index (χ4v) is 2.80. The number of anilines is 2. The van der Waals surface area contributed by atoms with E-state index in [-0.39, 0.29) is 10.8 Å². The number of nitrogen functional groups attached to an aromatic ring is 1. The largest absolute Gasteiger partial charge is 0.491 e. The second-order valence-electron chi connectivity index (χ2n) is 5.13. The van der Waals surface area contributed by atoms with Crippen molar-refractivity contribution in [1.82, 2.24) is 9.97 Å². The number of nitrogens with two attached hydrogens (primary N) is 1. The predicted octanol–water partition coefficient (Wildman–Crippen LogP) is 1.65. The van der Waals surface area contributed by atoms with E-state index in [2.05, 4.69) is 14.7 Å². The Morgan fingerprint density at radius 1 is 1.23 bits per heavy atom. The van der Waals surface area contributed by atoms with Crippen molar-refractivity contribution in [3.8, 4) is 5.75 Å². The van der Waals surface area contributed by atoms with Gasteiger partial charge in [0.15, 0.2) is 0 Å². The molecule has 0 radical (unpaired) electrons. The van der Waals surface area contributed by atoms with Gasteiger partial charge in [-0.25, -0.2) is 18.4 Å². The summed E-state index contributed by atoms with van der Waals surface area (Å²) in [5.74, 6) is 1.11. The maximum atomic E-state index is 12.3. The number of benzene rings is 1. The molecule has 22 heavy (non-hydrogen) atoms. The van der Waals surface area contributed by atoms with Crippen molar-refractivity contribution in [2.45, 2.75) is 17.7 Å². The lowest BCUT2D eigenvalue weighted by Gasteiger charge is -2.13. The van der Waals surface area contributed by atoms with Crippen molar-refractivity contribution in [2.75, 3.05) is 17.1 Å². The van der Waals surface area contributed by atoms with Crippen LogP contribution in [0.3, 0.4) is 0 Å². The quantitative estimate of drug-likeness (QED) is 0.838. The summed E-state index contributed by atoms with van der Waals surface area (Å²) in [6, 6.07) is 6.92. The Balaban J connectivity index is 1.80. The minimum atomic E-state index is -3.79. The Bertz CT molecular complexity index is 758. The van der Waals surface area contributed by atoms with E-state index in [0.29, 0.717) is 24.0 Å². The fraction of sp³-hybridized carbons (Fsp3) is 0.286. The predicted molar refractivity (Wildman–Crippen MR) is 81.9 cm³/mol. The van der Waals surface area contributed by atoms with E-state index in [1.165, 1.54) is 12.4 Å². The highest BCUT2D eigenvalue weighted by Gasteiger charge is 2.23. The molecule has 116 valence electrons. The minimum Gasteiger partial charge on any atom is -0.491 e. The first-order chi connectivity index (χ1) is 10.5. The van der Waals surface area contributed by atoms with E-state index in [9.17, 15) is 8.42 Å². The zero-order valence-corrected chi connectivity index (χ0v) is 12.6. The smallest absolute Gasteiger partial charge is 0.265 e. The van der Waals surface area contributed by atoms with Crippen LogP contribution in [0.25, 0.3) is 0 Å². The Kier molecular flexibility index (Phi) is 3.84. The van der Waals surface area contributed by atoms with Gasteiger partial charge in [-0.15, -0.1) is 0 Å². The summed E-state index contributed by atoms with van der Waals surface area (Å²) < 4.78 is 32.8. The molecule has 3 N–H and O–H groups in total. The number of nitrogens with one attached hydrogen (secondary N) is 1. The van der Waals surface area contributed by atoms with E-state index in [4.69, 9.17) is 10.5 Å². The SMILES string of the molecule is Nc1ncc(S(=O)(=O)Nc2ccccc2OCC2CC2)cn1. The molecule has 1 aliphatic rings. The normalized spacial score (nSPS) is 14.5. The van der Waals surface area contributed by atoms with Crippen molar-refractivity contribution in [3.63, 3.8) is 0 Å². The van der Waals surface area contributed by atoms with Gasteiger partial charge in [-0.1, -0.05) is 12.1 Å². The van der Waals surface area contributed by atoms with Gasteiger partial charge < -0.3 is 10.5 Å². The molecule has 3 rings (SSSR count). The summed E-state index contributed by atoms with van der Waals surface area (Å²) in [7, 11) is -3.79. The van der Waals surface area contributed by atoms with E-state index >= 15 is 0 Å². The van der Waals surface area contributed by atoms with Gasteiger partial charge in [-0.2, -0.15) is 0 Å². The van der Waals surface area contributed by atoms with Crippen molar-refractivity contribution in [1.29, 1.82) is 0 Å². The third-order valence-electron chi connectivity index (χ3n) is 3.26. The topological polar surface area (TPSA) is 107 Å². The number of ether oxygens (including phenoxy) is 1. The molecule has 1 aromatic carbocycles. The van der Waals surface area contributed by atoms with Crippen LogP contribution in [-0.2, 0) is 10.0 Å². The molecule has 0 amide bonds. The number of aromatic nitrogens is 2. The standard InChI is InChI=1S/C14H16N4O3S/c15-14-16-7-11(8-17-14)22(19,20)18-12-3-1-2-4-13(12)21-9-10-5-6-10/h1-4,7-8,10,18H,5-6,9H2,(H2,15,16,17). The highest BCUT2D eigenvalue weighted by atomic mass is 32.2. The molecule has 0 atom stereocenters. The molecule has 0 bridgehead atoms. The van der Waals surface area contributed by atoms with E-state index < -0.39 is 10.0 Å². The maximum absolute atomic E-state index is 12.3. The number of hydrogen-bond acceptors (Lipinski definition) is 6. The first-order valence-electron chi connectivity index (χ1n) is 6.87. The Labute approximate surface area is 128 Å². The van der Waals surface area contributed by atoms with Gasteiger partial charge in [-0.05, 0) is 30.9 Å². The number of sulfonamides is 1. The zero-order valence-electron chi connectivity index (χ0n) is 11.8. The number of hydrogen-bond donors (Lipinski definition) is 2. The molecule has 1 aliphatic carbocycles. The lowest BCUT2D eigenvalue weighted by molar-refractivity contribution is 0.301. The first-order valence-corrected chi connectivity index (χ1v) is 8.35. The van der Waals surface area contributed by atoms with Gasteiger partial charge in [-0.3, -0.25) is 4.72 Å². The van der Waals surface area contributed by atoms with Crippen LogP contribution in [0, 0.1) is 5.92 Å². The summed E-state index contributed by atoms with van der Waals surface area (Å²) in [5.41, 5.74) is 5.75. The van der Waals surface area contributed by atoms with Gasteiger partial charge in [0, 0.05) is 0 Å². The Morgan fingerprint density at radius 3 is 2.59 bits per heavy atom. The number of nitrogens with zero attached hydrogens (tertiary/aromatic N) is 2. The molecule has 1 aromatic heterocycles. The molecule has 8 heteroatoms. The Hall–Kier alpha value is -2.35. The van der Waals surface area contributed by atoms with Crippen LogP contribution in [0.15, 0.2) is 41.6 Å². The molecule has 1 heterocycles. The number of rotatable bonds is 6. The van der Waals surface area contributed by atoms with Crippen LogP contribution in [0.1, 0.15) is 12.8 Å². The molecule has 2 aromatic rings. The van der Waals surface area contributed by atoms with Crippen LogP contribution < -0.4 is 15.2 Å². The van der Waals surface area contributed by atoms with Crippen molar-refractivity contribution in [3.05, 3.63) is 36.7 Å². The van der Waals surface area contributed by atoms with Crippen LogP contribution in [0.5, 0.6) is 5.75 Å². The van der Waals surface area contributed by atoms with Crippen molar-refractivity contribution >= 4 is 21.7 Å². The minimum absolute atomic E-state index is 0.0205. The van der Waals surface area contributed by atoms with Gasteiger partial charge >= 0.3 is 0 Å². The molecular weight excluding hydrogens is 304 g/mol. The lowest BCUT2D eigenvalue weighted by Crippen LogP contribution is -2.15. The molecule has 7 nitrogen and oxygen atoms in total. The van der Waals surface area contributed by atoms with Crippen LogP contribution in [-0.4, -0.2) is 25.0 Å². The fourth-order valence-electron chi connectivity index (χ4n) is 1.84. The van der Waals surface area contributed by atoms with Gasteiger partial charge in [0.2, 0.25) is 5.95 Å². The van der Waals surface area contributed by atoms with E-state index in [1.54, 1.807) is 24.3 Å². The second-order valence-corrected chi connectivity index (χ2v) is 6.82. The molecule has 1 saturated carbocycles. The average Bonchev–Trinajstić information content (AvgIpc) is 3.31. The molecule has 0 spiro atoms. The average molecular weight is 320 g/mol. The summed E-state index contributed by atoms with van der Waals surface area (Å²) in [4.78, 5) is 7.33. The van der Waals surface area contributed by atoms with E-state index in [0.717, 1.165) is 12.8 Å².